The molecule has 2 amide bonds. The van der Waals surface area contributed by atoms with E-state index >= 15 is 0 Å². The van der Waals surface area contributed by atoms with Crippen molar-refractivity contribution in [3.05, 3.63) is 41.5 Å². The number of amides is 2. The topological polar surface area (TPSA) is 61.9 Å². The lowest BCUT2D eigenvalue weighted by molar-refractivity contribution is -0.111. The molecule has 1 aliphatic heterocycles. The van der Waals surface area contributed by atoms with E-state index in [1.165, 1.54) is 11.6 Å². The van der Waals surface area contributed by atoms with Crippen LogP contribution >= 0.6 is 0 Å². The number of nitrogens with one attached hydrogen (secondary N) is 1. The molecule has 26 heavy (non-hydrogen) atoms. The Kier molecular flexibility index (Phi) is 6.42. The molecule has 0 aliphatic carbocycles. The predicted molar refractivity (Wildman–Crippen MR) is 103 cm³/mol. The second-order valence-corrected chi connectivity index (χ2v) is 7.79. The van der Waals surface area contributed by atoms with Crippen molar-refractivity contribution in [1.29, 1.82) is 0 Å². The number of hydrogen-bond acceptors (Lipinski definition) is 4. The van der Waals surface area contributed by atoms with Gasteiger partial charge in [0.1, 0.15) is 5.60 Å². The smallest absolute Gasteiger partial charge is 0.410 e. The summed E-state index contributed by atoms with van der Waals surface area (Å²) in [7, 11) is 3.89. The van der Waals surface area contributed by atoms with E-state index in [-0.39, 0.29) is 12.0 Å². The van der Waals surface area contributed by atoms with Gasteiger partial charge in [0.2, 0.25) is 5.91 Å². The Morgan fingerprint density at radius 3 is 2.65 bits per heavy atom. The Bertz CT molecular complexity index is 690. The van der Waals surface area contributed by atoms with Crippen LogP contribution in [0, 0.1) is 0 Å². The van der Waals surface area contributed by atoms with Crippen LogP contribution in [0.5, 0.6) is 0 Å². The quantitative estimate of drug-likeness (QED) is 0.840. The number of likely N-dealkylation sites (N-methyl/N-ethyl adjacent to an activating group) is 1. The molecule has 0 spiro atoms. The van der Waals surface area contributed by atoms with Gasteiger partial charge in [0.15, 0.2) is 0 Å². The van der Waals surface area contributed by atoms with E-state index in [2.05, 4.69) is 5.32 Å². The van der Waals surface area contributed by atoms with Gasteiger partial charge in [-0.25, -0.2) is 4.79 Å². The maximum Gasteiger partial charge on any atom is 0.410 e. The Labute approximate surface area is 155 Å². The zero-order valence-corrected chi connectivity index (χ0v) is 16.3. The number of ether oxygens (including phenoxy) is 1. The number of benzene rings is 1. The second-order valence-electron chi connectivity index (χ2n) is 7.79. The van der Waals surface area contributed by atoms with Gasteiger partial charge in [0.25, 0.3) is 0 Å². The minimum Gasteiger partial charge on any atom is -0.444 e. The lowest BCUT2D eigenvalue weighted by Gasteiger charge is -2.31. The van der Waals surface area contributed by atoms with Gasteiger partial charge in [0.05, 0.1) is 0 Å². The molecule has 0 unspecified atom stereocenters. The van der Waals surface area contributed by atoms with E-state index in [0.29, 0.717) is 19.6 Å². The highest BCUT2D eigenvalue weighted by atomic mass is 16.6. The van der Waals surface area contributed by atoms with Gasteiger partial charge in [-0.15, -0.1) is 0 Å². The molecule has 1 aromatic rings. The molecule has 0 saturated carbocycles. The highest BCUT2D eigenvalue weighted by molar-refractivity contribution is 5.99. The highest BCUT2D eigenvalue weighted by Gasteiger charge is 2.25. The van der Waals surface area contributed by atoms with E-state index in [4.69, 9.17) is 4.74 Å². The van der Waals surface area contributed by atoms with Gasteiger partial charge >= 0.3 is 6.09 Å². The Morgan fingerprint density at radius 2 is 2.00 bits per heavy atom. The van der Waals surface area contributed by atoms with Gasteiger partial charge < -0.3 is 19.9 Å². The fourth-order valence-corrected chi connectivity index (χ4v) is 2.67. The standard InChI is InChI=1S/C20H29N3O3/c1-20(2,3)26-19(25)23-12-10-15-8-9-17(13-16(15)14-23)21-18(24)7-6-11-22(4)5/h6-9,13H,10-12,14H2,1-5H3,(H,21,24)/b7-6+. The predicted octanol–water partition coefficient (Wildman–Crippen LogP) is 3.04. The SMILES string of the molecule is CN(C)C/C=C/C(=O)Nc1ccc2c(c1)CN(C(=O)OC(C)(C)C)CC2. The van der Waals surface area contributed by atoms with Crippen molar-refractivity contribution >= 4 is 17.7 Å². The van der Waals surface area contributed by atoms with Crippen LogP contribution in [0.1, 0.15) is 31.9 Å². The first-order chi connectivity index (χ1) is 12.1. The first-order valence-corrected chi connectivity index (χ1v) is 8.86. The molecular weight excluding hydrogens is 330 g/mol. The highest BCUT2D eigenvalue weighted by Crippen LogP contribution is 2.24. The average Bonchev–Trinajstić information content (AvgIpc) is 2.52. The van der Waals surface area contributed by atoms with Crippen LogP contribution in [0.25, 0.3) is 0 Å². The van der Waals surface area contributed by atoms with Crippen molar-refractivity contribution in [1.82, 2.24) is 9.80 Å². The van der Waals surface area contributed by atoms with E-state index < -0.39 is 5.60 Å². The molecule has 6 heteroatoms. The molecule has 6 nitrogen and oxygen atoms in total. The number of carbonyl (C=O) groups excluding carboxylic acids is 2. The molecule has 0 atom stereocenters. The number of anilines is 1. The van der Waals surface area contributed by atoms with Gasteiger partial charge in [-0.3, -0.25) is 4.79 Å². The zero-order valence-electron chi connectivity index (χ0n) is 16.3. The van der Waals surface area contributed by atoms with Gasteiger partial charge in [-0.05, 0) is 64.5 Å². The zero-order chi connectivity index (χ0) is 19.3. The number of nitrogens with zero attached hydrogens (tertiary/aromatic N) is 2. The van der Waals surface area contributed by atoms with E-state index in [0.717, 1.165) is 17.7 Å². The minimum atomic E-state index is -0.508. The van der Waals surface area contributed by atoms with Crippen LogP contribution in [0.15, 0.2) is 30.4 Å². The number of carbonyl (C=O) groups is 2. The van der Waals surface area contributed by atoms with E-state index in [9.17, 15) is 9.59 Å². The third-order valence-corrected chi connectivity index (χ3v) is 3.88. The fraction of sp³-hybridized carbons (Fsp3) is 0.500. The number of rotatable bonds is 4. The Balaban J connectivity index is 2.01. The second kappa shape index (κ2) is 8.36. The van der Waals surface area contributed by atoms with Gasteiger partial charge in [0, 0.05) is 31.4 Å². The Hall–Kier alpha value is -2.34. The molecule has 0 bridgehead atoms. The van der Waals surface area contributed by atoms with E-state index in [1.807, 2.05) is 64.0 Å². The van der Waals surface area contributed by atoms with Crippen molar-refractivity contribution in [2.24, 2.45) is 0 Å². The summed E-state index contributed by atoms with van der Waals surface area (Å²) in [6, 6.07) is 5.85. The first-order valence-electron chi connectivity index (χ1n) is 8.86. The average molecular weight is 359 g/mol. The van der Waals surface area contributed by atoms with Crippen LogP contribution in [0.3, 0.4) is 0 Å². The lowest BCUT2D eigenvalue weighted by atomic mass is 9.99. The van der Waals surface area contributed by atoms with Crippen LogP contribution in [-0.2, 0) is 22.5 Å². The van der Waals surface area contributed by atoms with Gasteiger partial charge in [-0.1, -0.05) is 12.1 Å². The third kappa shape index (κ3) is 6.19. The van der Waals surface area contributed by atoms with Crippen molar-refractivity contribution in [3.63, 3.8) is 0 Å². The summed E-state index contributed by atoms with van der Waals surface area (Å²) in [5, 5.41) is 2.87. The van der Waals surface area contributed by atoms with Crippen molar-refractivity contribution in [2.75, 3.05) is 32.5 Å². The maximum atomic E-state index is 12.3. The summed E-state index contributed by atoms with van der Waals surface area (Å²) in [4.78, 5) is 28.0. The summed E-state index contributed by atoms with van der Waals surface area (Å²) in [6.07, 6.45) is 3.83. The maximum absolute atomic E-state index is 12.3. The molecule has 0 aromatic heterocycles. The van der Waals surface area contributed by atoms with Crippen molar-refractivity contribution in [2.45, 2.75) is 39.3 Å². The molecule has 0 fully saturated rings. The molecule has 1 aromatic carbocycles. The van der Waals surface area contributed by atoms with Crippen molar-refractivity contribution < 1.29 is 14.3 Å². The molecule has 1 aliphatic rings. The first kappa shape index (κ1) is 20.0. The van der Waals surface area contributed by atoms with Crippen LogP contribution in [0.2, 0.25) is 0 Å². The van der Waals surface area contributed by atoms with Gasteiger partial charge in [-0.2, -0.15) is 0 Å². The largest absolute Gasteiger partial charge is 0.444 e. The molecule has 0 saturated heterocycles. The number of fused-ring (bicyclic) bond motifs is 1. The molecule has 0 radical (unpaired) electrons. The summed E-state index contributed by atoms with van der Waals surface area (Å²) >= 11 is 0. The summed E-state index contributed by atoms with van der Waals surface area (Å²) in [5.41, 5.74) is 2.46. The monoisotopic (exact) mass is 359 g/mol. The minimum absolute atomic E-state index is 0.161. The van der Waals surface area contributed by atoms with Crippen LogP contribution in [0.4, 0.5) is 10.5 Å². The van der Waals surface area contributed by atoms with Crippen LogP contribution < -0.4 is 5.32 Å². The molecule has 2 rings (SSSR count). The summed E-state index contributed by atoms with van der Waals surface area (Å²) in [6.45, 7) is 7.43. The third-order valence-electron chi connectivity index (χ3n) is 3.88. The summed E-state index contributed by atoms with van der Waals surface area (Å²) in [5.74, 6) is -0.161. The van der Waals surface area contributed by atoms with Crippen molar-refractivity contribution in [3.8, 4) is 0 Å². The lowest BCUT2D eigenvalue weighted by Crippen LogP contribution is -2.39. The normalized spacial score (nSPS) is 14.5. The van der Waals surface area contributed by atoms with Crippen LogP contribution in [-0.4, -0.2) is 54.6 Å². The molecule has 142 valence electrons. The fourth-order valence-electron chi connectivity index (χ4n) is 2.67. The summed E-state index contributed by atoms with van der Waals surface area (Å²) < 4.78 is 5.45. The molecule has 1 N–H and O–H groups in total. The molecular formula is C20H29N3O3. The Morgan fingerprint density at radius 1 is 1.27 bits per heavy atom. The number of hydrogen-bond donors (Lipinski definition) is 1. The molecule has 1 heterocycles. The van der Waals surface area contributed by atoms with E-state index in [1.54, 1.807) is 4.90 Å².